The molecule has 1 aliphatic rings. The minimum atomic E-state index is -0.648. The maximum Gasteiger partial charge on any atom is 0.297 e. The molecule has 0 fully saturated rings. The minimum absolute atomic E-state index is 0.0507. The van der Waals surface area contributed by atoms with E-state index in [1.807, 2.05) is 45.0 Å². The summed E-state index contributed by atoms with van der Waals surface area (Å²) in [4.78, 5) is 34.4. The maximum absolute atomic E-state index is 13.6. The van der Waals surface area contributed by atoms with E-state index in [1.165, 1.54) is 11.3 Å². The number of carbonyl (C=O) groups excluding carboxylic acids is 1. The molecule has 0 saturated heterocycles. The lowest BCUT2D eigenvalue weighted by Crippen LogP contribution is -2.29. The highest BCUT2D eigenvalue weighted by Gasteiger charge is 2.45. The first kappa shape index (κ1) is 20.4. The lowest BCUT2D eigenvalue weighted by molar-refractivity contribution is 0.0971. The summed E-state index contributed by atoms with van der Waals surface area (Å²) in [6, 6.07) is 10.2. The highest BCUT2D eigenvalue weighted by atomic mass is 79.9. The Balaban J connectivity index is 1.84. The second kappa shape index (κ2) is 7.29. The lowest BCUT2D eigenvalue weighted by atomic mass is 9.98. The molecule has 0 radical (unpaired) electrons. The van der Waals surface area contributed by atoms with Crippen LogP contribution in [0, 0.1) is 20.8 Å². The number of thiazole rings is 1. The summed E-state index contributed by atoms with van der Waals surface area (Å²) >= 11 is 11.2. The molecule has 0 aliphatic carbocycles. The molecule has 3 heterocycles. The molecule has 156 valence electrons. The van der Waals surface area contributed by atoms with Crippen molar-refractivity contribution in [3.63, 3.8) is 0 Å². The number of nitrogens with zero attached hydrogens (tertiary/aromatic N) is 2. The number of fused-ring (bicyclic) bond motifs is 2. The Hall–Kier alpha value is -2.48. The molecule has 1 atom stereocenters. The number of aromatic nitrogens is 1. The van der Waals surface area contributed by atoms with Gasteiger partial charge in [-0.3, -0.25) is 14.5 Å². The largest absolute Gasteiger partial charge is 0.450 e. The van der Waals surface area contributed by atoms with Gasteiger partial charge in [0.2, 0.25) is 5.76 Å². The van der Waals surface area contributed by atoms with Crippen LogP contribution in [-0.2, 0) is 0 Å². The van der Waals surface area contributed by atoms with Gasteiger partial charge in [0.05, 0.1) is 22.7 Å². The van der Waals surface area contributed by atoms with Crippen molar-refractivity contribution in [2.75, 3.05) is 4.90 Å². The Kier molecular flexibility index (Phi) is 4.80. The van der Waals surface area contributed by atoms with Crippen molar-refractivity contribution in [3.05, 3.63) is 89.1 Å². The van der Waals surface area contributed by atoms with Crippen molar-refractivity contribution in [3.8, 4) is 0 Å². The highest BCUT2D eigenvalue weighted by Crippen LogP contribution is 2.43. The molecule has 31 heavy (non-hydrogen) atoms. The number of rotatable bonds is 2. The Labute approximate surface area is 195 Å². The predicted octanol–water partition coefficient (Wildman–Crippen LogP) is 6.34. The van der Waals surface area contributed by atoms with Crippen LogP contribution in [0.4, 0.5) is 5.13 Å². The normalized spacial score (nSPS) is 15.7. The summed E-state index contributed by atoms with van der Waals surface area (Å²) in [6.45, 7) is 5.69. The van der Waals surface area contributed by atoms with Crippen LogP contribution in [0.1, 0.15) is 43.9 Å². The molecular weight excluding hydrogens is 500 g/mol. The summed E-state index contributed by atoms with van der Waals surface area (Å²) in [7, 11) is 0. The molecule has 0 spiro atoms. The lowest BCUT2D eigenvalue weighted by Gasteiger charge is -2.22. The predicted molar refractivity (Wildman–Crippen MR) is 127 cm³/mol. The van der Waals surface area contributed by atoms with Crippen molar-refractivity contribution < 1.29 is 9.21 Å². The molecule has 1 aliphatic heterocycles. The number of halogens is 2. The standard InChI is InChI=1S/C23H16BrClN2O3S/c1-10-7-17-15(9-16(10)25)20(28)18-19(13-5-4-6-14(24)8-13)27(22(29)21(18)30-17)23-26-11(2)12(3)31-23/h4-9,19H,1-3H3. The van der Waals surface area contributed by atoms with Gasteiger partial charge in [0.1, 0.15) is 5.58 Å². The van der Waals surface area contributed by atoms with E-state index in [0.717, 1.165) is 26.2 Å². The maximum atomic E-state index is 13.6. The summed E-state index contributed by atoms with van der Waals surface area (Å²) in [6.07, 6.45) is 0. The monoisotopic (exact) mass is 514 g/mol. The van der Waals surface area contributed by atoms with Crippen LogP contribution in [0.25, 0.3) is 11.0 Å². The minimum Gasteiger partial charge on any atom is -0.450 e. The van der Waals surface area contributed by atoms with Crippen molar-refractivity contribution in [2.45, 2.75) is 26.8 Å². The van der Waals surface area contributed by atoms with Crippen molar-refractivity contribution >= 4 is 60.9 Å². The second-order valence-corrected chi connectivity index (χ2v) is 10.0. The number of anilines is 1. The van der Waals surface area contributed by atoms with Gasteiger partial charge in [-0.25, -0.2) is 4.98 Å². The molecule has 4 aromatic rings. The summed E-state index contributed by atoms with van der Waals surface area (Å²) in [5, 5.41) is 1.37. The number of carbonyl (C=O) groups is 1. The third kappa shape index (κ3) is 3.14. The first-order valence-electron chi connectivity index (χ1n) is 9.56. The van der Waals surface area contributed by atoms with Gasteiger partial charge in [-0.1, -0.05) is 39.7 Å². The molecule has 1 amide bonds. The molecule has 0 bridgehead atoms. The van der Waals surface area contributed by atoms with E-state index < -0.39 is 6.04 Å². The first-order chi connectivity index (χ1) is 14.8. The number of benzene rings is 2. The van der Waals surface area contributed by atoms with Gasteiger partial charge in [-0.2, -0.15) is 0 Å². The first-order valence-corrected chi connectivity index (χ1v) is 11.5. The van der Waals surface area contributed by atoms with E-state index in [2.05, 4.69) is 20.9 Å². The van der Waals surface area contributed by atoms with Crippen molar-refractivity contribution in [2.24, 2.45) is 0 Å². The summed E-state index contributed by atoms with van der Waals surface area (Å²) < 4.78 is 6.87. The van der Waals surface area contributed by atoms with Gasteiger partial charge in [0, 0.05) is 14.4 Å². The van der Waals surface area contributed by atoms with Gasteiger partial charge in [-0.15, -0.1) is 11.3 Å². The Morgan fingerprint density at radius 3 is 2.61 bits per heavy atom. The molecule has 5 rings (SSSR count). The van der Waals surface area contributed by atoms with Crippen LogP contribution in [0.3, 0.4) is 0 Å². The average Bonchev–Trinajstić information content (AvgIpc) is 3.20. The second-order valence-electron chi connectivity index (χ2n) is 7.54. The smallest absolute Gasteiger partial charge is 0.297 e. The molecule has 2 aromatic heterocycles. The topological polar surface area (TPSA) is 63.4 Å². The Morgan fingerprint density at radius 1 is 1.16 bits per heavy atom. The number of hydrogen-bond acceptors (Lipinski definition) is 5. The van der Waals surface area contributed by atoms with Crippen LogP contribution in [0.15, 0.2) is 50.1 Å². The van der Waals surface area contributed by atoms with E-state index in [4.69, 9.17) is 16.0 Å². The fourth-order valence-corrected chi connectivity index (χ4v) is 5.36. The molecule has 0 N–H and O–H groups in total. The third-order valence-electron chi connectivity index (χ3n) is 5.54. The average molecular weight is 516 g/mol. The third-order valence-corrected chi connectivity index (χ3v) is 7.51. The van der Waals surface area contributed by atoms with E-state index in [1.54, 1.807) is 17.0 Å². The Bertz CT molecular complexity index is 1440. The summed E-state index contributed by atoms with van der Waals surface area (Å²) in [5.41, 5.74) is 2.81. The molecule has 5 nitrogen and oxygen atoms in total. The van der Waals surface area contributed by atoms with Crippen LogP contribution >= 0.6 is 38.9 Å². The fourth-order valence-electron chi connectivity index (χ4n) is 3.84. The van der Waals surface area contributed by atoms with Crippen LogP contribution in [0.5, 0.6) is 0 Å². The van der Waals surface area contributed by atoms with Crippen molar-refractivity contribution in [1.82, 2.24) is 4.98 Å². The molecule has 2 aromatic carbocycles. The van der Waals surface area contributed by atoms with Gasteiger partial charge in [0.15, 0.2) is 10.6 Å². The van der Waals surface area contributed by atoms with E-state index >= 15 is 0 Å². The zero-order chi connectivity index (χ0) is 22.0. The SMILES string of the molecule is Cc1cc2oc3c(c(=O)c2cc1Cl)C(c1cccc(Br)c1)N(c1nc(C)c(C)s1)C3=O. The fraction of sp³-hybridized carbons (Fsp3) is 0.174. The molecular formula is C23H16BrClN2O3S. The van der Waals surface area contributed by atoms with E-state index in [-0.39, 0.29) is 17.1 Å². The number of amides is 1. The number of aryl methyl sites for hydroxylation is 3. The van der Waals surface area contributed by atoms with Crippen LogP contribution in [0.2, 0.25) is 5.02 Å². The molecule has 0 saturated carbocycles. The van der Waals surface area contributed by atoms with Crippen LogP contribution in [-0.4, -0.2) is 10.9 Å². The van der Waals surface area contributed by atoms with E-state index in [9.17, 15) is 9.59 Å². The van der Waals surface area contributed by atoms with Gasteiger partial charge >= 0.3 is 0 Å². The zero-order valence-corrected chi connectivity index (χ0v) is 20.0. The number of hydrogen-bond donors (Lipinski definition) is 0. The van der Waals surface area contributed by atoms with Gasteiger partial charge in [-0.05, 0) is 56.2 Å². The van der Waals surface area contributed by atoms with Gasteiger partial charge < -0.3 is 4.42 Å². The zero-order valence-electron chi connectivity index (χ0n) is 16.8. The highest BCUT2D eigenvalue weighted by molar-refractivity contribution is 9.10. The van der Waals surface area contributed by atoms with Crippen LogP contribution < -0.4 is 10.3 Å². The van der Waals surface area contributed by atoms with E-state index in [0.29, 0.717) is 26.7 Å². The quantitative estimate of drug-likeness (QED) is 0.312. The van der Waals surface area contributed by atoms with Gasteiger partial charge in [0.25, 0.3) is 5.91 Å². The Morgan fingerprint density at radius 2 is 1.94 bits per heavy atom. The molecule has 8 heteroatoms. The summed E-state index contributed by atoms with van der Waals surface area (Å²) in [5.74, 6) is -0.324. The molecule has 1 unspecified atom stereocenters. The van der Waals surface area contributed by atoms with Crippen molar-refractivity contribution in [1.29, 1.82) is 0 Å².